The van der Waals surface area contributed by atoms with E-state index in [0.717, 1.165) is 29.9 Å². The molecule has 0 fully saturated rings. The monoisotopic (exact) mass is 262 g/mol. The Morgan fingerprint density at radius 1 is 1.06 bits per heavy atom. The molecular formula is C15H15ClO2. The fourth-order valence-corrected chi connectivity index (χ4v) is 1.86. The predicted octanol–water partition coefficient (Wildman–Crippen LogP) is 4.79. The summed E-state index contributed by atoms with van der Waals surface area (Å²) in [6, 6.07) is 12.5. The van der Waals surface area contributed by atoms with Gasteiger partial charge in [-0.05, 0) is 54.4 Å². The molecule has 1 N–H and O–H groups in total. The minimum absolute atomic E-state index is 0.320. The summed E-state index contributed by atoms with van der Waals surface area (Å²) in [5.41, 5.74) is 0.906. The van der Waals surface area contributed by atoms with Gasteiger partial charge in [-0.1, -0.05) is 24.9 Å². The van der Waals surface area contributed by atoms with E-state index >= 15 is 0 Å². The van der Waals surface area contributed by atoms with Crippen LogP contribution in [0.25, 0.3) is 0 Å². The van der Waals surface area contributed by atoms with Gasteiger partial charge in [-0.2, -0.15) is 0 Å². The number of hydrogen-bond acceptors (Lipinski definition) is 2. The molecule has 0 saturated heterocycles. The van der Waals surface area contributed by atoms with Crippen LogP contribution in [-0.2, 0) is 6.42 Å². The average Bonchev–Trinajstić information content (AvgIpc) is 2.37. The van der Waals surface area contributed by atoms with Crippen molar-refractivity contribution in [2.24, 2.45) is 0 Å². The Hall–Kier alpha value is -1.67. The van der Waals surface area contributed by atoms with Crippen LogP contribution in [-0.4, -0.2) is 5.11 Å². The molecule has 0 atom stereocenters. The van der Waals surface area contributed by atoms with Crippen LogP contribution in [0.1, 0.15) is 18.9 Å². The highest BCUT2D eigenvalue weighted by Gasteiger charge is 2.04. The molecule has 2 aromatic carbocycles. The molecule has 0 aliphatic rings. The second-order valence-electron chi connectivity index (χ2n) is 4.10. The zero-order chi connectivity index (χ0) is 13.0. The first-order chi connectivity index (χ1) is 8.69. The number of halogens is 1. The number of benzene rings is 2. The highest BCUT2D eigenvalue weighted by atomic mass is 35.5. The Bertz CT molecular complexity index is 521. The number of ether oxygens (including phenoxy) is 1. The van der Waals surface area contributed by atoms with Crippen molar-refractivity contribution in [3.63, 3.8) is 0 Å². The van der Waals surface area contributed by atoms with Crippen molar-refractivity contribution in [3.8, 4) is 17.2 Å². The van der Waals surface area contributed by atoms with Crippen LogP contribution in [0.4, 0.5) is 0 Å². The van der Waals surface area contributed by atoms with Gasteiger partial charge in [0.05, 0.1) is 0 Å². The van der Waals surface area contributed by atoms with Crippen LogP contribution in [0.2, 0.25) is 5.02 Å². The van der Waals surface area contributed by atoms with Crippen LogP contribution in [0, 0.1) is 0 Å². The lowest BCUT2D eigenvalue weighted by atomic mass is 10.1. The van der Waals surface area contributed by atoms with E-state index in [1.165, 1.54) is 0 Å². The lowest BCUT2D eigenvalue weighted by Crippen LogP contribution is -1.88. The van der Waals surface area contributed by atoms with Crippen LogP contribution in [0.5, 0.6) is 17.2 Å². The van der Waals surface area contributed by atoms with Crippen LogP contribution in [0.3, 0.4) is 0 Å². The van der Waals surface area contributed by atoms with Crippen molar-refractivity contribution in [2.45, 2.75) is 19.8 Å². The van der Waals surface area contributed by atoms with Crippen molar-refractivity contribution in [1.29, 1.82) is 0 Å². The Morgan fingerprint density at radius 3 is 2.39 bits per heavy atom. The van der Waals surface area contributed by atoms with E-state index in [9.17, 15) is 5.11 Å². The second-order valence-corrected chi connectivity index (χ2v) is 4.53. The molecule has 0 amide bonds. The summed E-state index contributed by atoms with van der Waals surface area (Å²) in [6.45, 7) is 2.08. The molecule has 0 bridgehead atoms. The molecule has 0 spiro atoms. The maximum absolute atomic E-state index is 9.70. The summed E-state index contributed by atoms with van der Waals surface area (Å²) < 4.78 is 5.71. The lowest BCUT2D eigenvalue weighted by Gasteiger charge is -2.09. The van der Waals surface area contributed by atoms with Gasteiger partial charge in [0.15, 0.2) is 0 Å². The minimum Gasteiger partial charge on any atom is -0.508 e. The summed E-state index contributed by atoms with van der Waals surface area (Å²) >= 11 is 5.81. The fraction of sp³-hybridized carbons (Fsp3) is 0.200. The van der Waals surface area contributed by atoms with Crippen LogP contribution < -0.4 is 4.74 Å². The van der Waals surface area contributed by atoms with Crippen molar-refractivity contribution >= 4 is 11.6 Å². The number of hydrogen-bond donors (Lipinski definition) is 1. The molecular weight excluding hydrogens is 248 g/mol. The Labute approximate surface area is 112 Å². The van der Waals surface area contributed by atoms with E-state index in [0.29, 0.717) is 10.8 Å². The number of phenols is 1. The summed E-state index contributed by atoms with van der Waals surface area (Å²) in [5.74, 6) is 1.77. The lowest BCUT2D eigenvalue weighted by molar-refractivity contribution is 0.457. The number of aryl methyl sites for hydroxylation is 1. The standard InChI is InChI=1S/C15H15ClO2/c1-2-3-11-10-14(8-9-15(11)17)18-13-6-4-12(16)5-7-13/h4-10,17H,2-3H2,1H3. The molecule has 94 valence electrons. The SMILES string of the molecule is CCCc1cc(Oc2ccc(Cl)cc2)ccc1O. The Kier molecular flexibility index (Phi) is 4.11. The highest BCUT2D eigenvalue weighted by molar-refractivity contribution is 6.30. The van der Waals surface area contributed by atoms with Gasteiger partial charge in [-0.3, -0.25) is 0 Å². The molecule has 3 heteroatoms. The zero-order valence-electron chi connectivity index (χ0n) is 10.2. The maximum Gasteiger partial charge on any atom is 0.127 e. The van der Waals surface area contributed by atoms with E-state index in [1.54, 1.807) is 24.3 Å². The molecule has 2 rings (SSSR count). The molecule has 2 nitrogen and oxygen atoms in total. The van der Waals surface area contributed by atoms with Gasteiger partial charge in [0.25, 0.3) is 0 Å². The smallest absolute Gasteiger partial charge is 0.127 e. The normalized spacial score (nSPS) is 10.3. The van der Waals surface area contributed by atoms with Crippen molar-refractivity contribution < 1.29 is 9.84 Å². The number of aromatic hydroxyl groups is 1. The molecule has 0 radical (unpaired) electrons. The molecule has 2 aromatic rings. The van der Waals surface area contributed by atoms with Crippen molar-refractivity contribution in [1.82, 2.24) is 0 Å². The van der Waals surface area contributed by atoms with Crippen LogP contribution in [0.15, 0.2) is 42.5 Å². The maximum atomic E-state index is 9.70. The third-order valence-electron chi connectivity index (χ3n) is 2.62. The molecule has 18 heavy (non-hydrogen) atoms. The van der Waals surface area contributed by atoms with E-state index in [2.05, 4.69) is 6.92 Å². The summed E-state index contributed by atoms with van der Waals surface area (Å²) in [5, 5.41) is 10.4. The van der Waals surface area contributed by atoms with Gasteiger partial charge < -0.3 is 9.84 Å². The summed E-state index contributed by atoms with van der Waals surface area (Å²) in [6.07, 6.45) is 1.82. The third-order valence-corrected chi connectivity index (χ3v) is 2.87. The van der Waals surface area contributed by atoms with Gasteiger partial charge in [0.1, 0.15) is 17.2 Å². The third kappa shape index (κ3) is 3.17. The topological polar surface area (TPSA) is 29.5 Å². The van der Waals surface area contributed by atoms with Gasteiger partial charge in [0, 0.05) is 5.02 Å². The minimum atomic E-state index is 0.320. The molecule has 0 aliphatic carbocycles. The van der Waals surface area contributed by atoms with Crippen LogP contribution >= 0.6 is 11.6 Å². The van der Waals surface area contributed by atoms with Gasteiger partial charge in [-0.25, -0.2) is 0 Å². The van der Waals surface area contributed by atoms with Crippen molar-refractivity contribution in [3.05, 3.63) is 53.1 Å². The first kappa shape index (κ1) is 12.8. The van der Waals surface area contributed by atoms with Gasteiger partial charge >= 0.3 is 0 Å². The quantitative estimate of drug-likeness (QED) is 0.858. The number of phenolic OH excluding ortho intramolecular Hbond substituents is 1. The Morgan fingerprint density at radius 2 is 1.72 bits per heavy atom. The molecule has 0 aromatic heterocycles. The van der Waals surface area contributed by atoms with Gasteiger partial charge in [-0.15, -0.1) is 0 Å². The molecule has 0 saturated carbocycles. The predicted molar refractivity (Wildman–Crippen MR) is 73.6 cm³/mol. The number of rotatable bonds is 4. The van der Waals surface area contributed by atoms with Gasteiger partial charge in [0.2, 0.25) is 0 Å². The first-order valence-electron chi connectivity index (χ1n) is 5.94. The zero-order valence-corrected chi connectivity index (χ0v) is 10.9. The van der Waals surface area contributed by atoms with E-state index in [-0.39, 0.29) is 0 Å². The summed E-state index contributed by atoms with van der Waals surface area (Å²) in [4.78, 5) is 0. The fourth-order valence-electron chi connectivity index (χ4n) is 1.73. The average molecular weight is 263 g/mol. The Balaban J connectivity index is 2.18. The highest BCUT2D eigenvalue weighted by Crippen LogP contribution is 2.28. The van der Waals surface area contributed by atoms with Crippen molar-refractivity contribution in [2.75, 3.05) is 0 Å². The van der Waals surface area contributed by atoms with E-state index in [1.807, 2.05) is 18.2 Å². The molecule has 0 heterocycles. The molecule has 0 unspecified atom stereocenters. The summed E-state index contributed by atoms with van der Waals surface area (Å²) in [7, 11) is 0. The second kappa shape index (κ2) is 5.78. The van der Waals surface area contributed by atoms with E-state index in [4.69, 9.17) is 16.3 Å². The largest absolute Gasteiger partial charge is 0.508 e. The molecule has 0 aliphatic heterocycles. The first-order valence-corrected chi connectivity index (χ1v) is 6.32. The van der Waals surface area contributed by atoms with E-state index < -0.39 is 0 Å².